The van der Waals surface area contributed by atoms with E-state index in [-0.39, 0.29) is 5.50 Å². The van der Waals surface area contributed by atoms with Crippen molar-refractivity contribution in [3.63, 3.8) is 0 Å². The van der Waals surface area contributed by atoms with E-state index in [1.807, 2.05) is 0 Å². The minimum absolute atomic E-state index is 0.173. The minimum Gasteiger partial charge on any atom is -0.302 e. The van der Waals surface area contributed by atoms with Crippen LogP contribution in [-0.4, -0.2) is 54.4 Å². The molecule has 1 heterocycles. The van der Waals surface area contributed by atoms with Crippen LogP contribution in [0.4, 0.5) is 0 Å². The Hall–Kier alpha value is 0.500. The highest BCUT2D eigenvalue weighted by Gasteiger charge is 2.21. The molecule has 1 atom stereocenters. The molecule has 4 heteroatoms. The molecule has 2 nitrogen and oxygen atoms in total. The van der Waals surface area contributed by atoms with Crippen molar-refractivity contribution in [2.45, 2.75) is 11.9 Å². The summed E-state index contributed by atoms with van der Waals surface area (Å²) in [6.45, 7) is 4.18. The third-order valence-electron chi connectivity index (χ3n) is 2.21. The molecule has 0 saturated carbocycles. The molecule has 0 N–H and O–H groups in total. The van der Waals surface area contributed by atoms with Crippen LogP contribution in [0.5, 0.6) is 0 Å². The second kappa shape index (κ2) is 5.28. The molecule has 72 valence electrons. The third kappa shape index (κ3) is 3.09. The smallest absolute Gasteiger partial charge is 0.0979 e. The van der Waals surface area contributed by atoms with Gasteiger partial charge in [-0.15, -0.1) is 23.2 Å². The number of alkyl halides is 2. The zero-order valence-electron chi connectivity index (χ0n) is 7.47. The van der Waals surface area contributed by atoms with Gasteiger partial charge < -0.3 is 4.90 Å². The van der Waals surface area contributed by atoms with Crippen molar-refractivity contribution in [3.05, 3.63) is 0 Å². The summed E-state index contributed by atoms with van der Waals surface area (Å²) in [6.07, 6.45) is 1.04. The van der Waals surface area contributed by atoms with Crippen molar-refractivity contribution in [1.82, 2.24) is 9.80 Å². The van der Waals surface area contributed by atoms with Gasteiger partial charge in [0.1, 0.15) is 0 Å². The summed E-state index contributed by atoms with van der Waals surface area (Å²) < 4.78 is 0. The van der Waals surface area contributed by atoms with Crippen LogP contribution < -0.4 is 0 Å². The van der Waals surface area contributed by atoms with Crippen LogP contribution in [0.2, 0.25) is 0 Å². The number of nitrogens with zero attached hydrogens (tertiary/aromatic N) is 2. The third-order valence-corrected chi connectivity index (χ3v) is 2.89. The molecule has 1 aliphatic rings. The van der Waals surface area contributed by atoms with E-state index >= 15 is 0 Å². The number of likely N-dealkylation sites (N-methyl/N-ethyl adjacent to an activating group) is 1. The summed E-state index contributed by atoms with van der Waals surface area (Å²) in [5.74, 6) is 0.732. The Labute approximate surface area is 84.4 Å². The van der Waals surface area contributed by atoms with Gasteiger partial charge in [0.15, 0.2) is 0 Å². The van der Waals surface area contributed by atoms with Crippen LogP contribution in [0.15, 0.2) is 0 Å². The van der Waals surface area contributed by atoms with E-state index in [1.54, 1.807) is 0 Å². The second-order valence-corrected chi connectivity index (χ2v) is 4.16. The lowest BCUT2D eigenvalue weighted by molar-refractivity contribution is 0.133. The van der Waals surface area contributed by atoms with E-state index in [0.29, 0.717) is 0 Å². The topological polar surface area (TPSA) is 6.48 Å². The van der Waals surface area contributed by atoms with E-state index in [2.05, 4.69) is 16.8 Å². The van der Waals surface area contributed by atoms with Crippen molar-refractivity contribution in [2.24, 2.45) is 0 Å². The predicted octanol–water partition coefficient (Wildman–Crippen LogP) is 1.43. The van der Waals surface area contributed by atoms with Crippen molar-refractivity contribution < 1.29 is 0 Å². The molecule has 0 spiro atoms. The molecule has 0 amide bonds. The lowest BCUT2D eigenvalue weighted by Crippen LogP contribution is -2.49. The Morgan fingerprint density at radius 1 is 1.42 bits per heavy atom. The number of halogens is 2. The predicted molar refractivity (Wildman–Crippen MR) is 54.0 cm³/mol. The molecule has 1 rings (SSSR count). The molecular formula is C8H16Cl2N2. The van der Waals surface area contributed by atoms with E-state index in [0.717, 1.165) is 38.5 Å². The highest BCUT2D eigenvalue weighted by atomic mass is 35.5. The van der Waals surface area contributed by atoms with Gasteiger partial charge in [-0.25, -0.2) is 0 Å². The average Bonchev–Trinajstić information content (AvgIpc) is 2.03. The fraction of sp³-hybridized carbons (Fsp3) is 1.00. The molecule has 0 bridgehead atoms. The van der Waals surface area contributed by atoms with Crippen molar-refractivity contribution >= 4 is 23.2 Å². The highest BCUT2D eigenvalue weighted by molar-refractivity contribution is 6.20. The Balaban J connectivity index is 2.25. The van der Waals surface area contributed by atoms with Crippen LogP contribution >= 0.6 is 23.2 Å². The van der Waals surface area contributed by atoms with Crippen LogP contribution in [0.3, 0.4) is 0 Å². The zero-order valence-corrected chi connectivity index (χ0v) is 8.98. The van der Waals surface area contributed by atoms with Crippen LogP contribution in [0, 0.1) is 0 Å². The van der Waals surface area contributed by atoms with Gasteiger partial charge in [-0.3, -0.25) is 4.90 Å². The summed E-state index contributed by atoms with van der Waals surface area (Å²) >= 11 is 11.8. The summed E-state index contributed by atoms with van der Waals surface area (Å²) in [7, 11) is 2.11. The normalized spacial score (nSPS) is 27.8. The molecule has 0 radical (unpaired) electrons. The standard InChI is InChI=1S/C8H16Cl2N2/c1-11-5-6-12(4-2-3-9)8(10)7-11/h8H,2-7H2,1H3. The largest absolute Gasteiger partial charge is 0.302 e. The first-order valence-electron chi connectivity index (χ1n) is 4.36. The average molecular weight is 211 g/mol. The molecule has 12 heavy (non-hydrogen) atoms. The van der Waals surface area contributed by atoms with Gasteiger partial charge in [0, 0.05) is 32.1 Å². The van der Waals surface area contributed by atoms with Gasteiger partial charge >= 0.3 is 0 Å². The first-order chi connectivity index (χ1) is 5.74. The van der Waals surface area contributed by atoms with E-state index < -0.39 is 0 Å². The fourth-order valence-electron chi connectivity index (χ4n) is 1.42. The molecule has 1 saturated heterocycles. The molecule has 0 aliphatic carbocycles. The van der Waals surface area contributed by atoms with Crippen LogP contribution in [0.25, 0.3) is 0 Å². The van der Waals surface area contributed by atoms with E-state index in [9.17, 15) is 0 Å². The lowest BCUT2D eigenvalue weighted by Gasteiger charge is -2.36. The fourth-order valence-corrected chi connectivity index (χ4v) is 1.97. The molecule has 1 fully saturated rings. The summed E-state index contributed by atoms with van der Waals surface area (Å²) in [5.41, 5.74) is 0.173. The van der Waals surface area contributed by atoms with Gasteiger partial charge in [0.25, 0.3) is 0 Å². The maximum Gasteiger partial charge on any atom is 0.0979 e. The van der Waals surface area contributed by atoms with Gasteiger partial charge in [-0.2, -0.15) is 0 Å². The second-order valence-electron chi connectivity index (χ2n) is 3.28. The van der Waals surface area contributed by atoms with Crippen molar-refractivity contribution in [2.75, 3.05) is 39.1 Å². The first-order valence-corrected chi connectivity index (χ1v) is 5.34. The molecular weight excluding hydrogens is 195 g/mol. The van der Waals surface area contributed by atoms with Gasteiger partial charge in [0.2, 0.25) is 0 Å². The lowest BCUT2D eigenvalue weighted by atomic mass is 10.3. The summed E-state index contributed by atoms with van der Waals surface area (Å²) in [6, 6.07) is 0. The Morgan fingerprint density at radius 2 is 2.17 bits per heavy atom. The number of hydrogen-bond donors (Lipinski definition) is 0. The first kappa shape index (κ1) is 10.6. The summed E-state index contributed by atoms with van der Waals surface area (Å²) in [4.78, 5) is 4.55. The number of piperazine rings is 1. The monoisotopic (exact) mass is 210 g/mol. The van der Waals surface area contributed by atoms with E-state index in [4.69, 9.17) is 23.2 Å². The molecule has 0 aromatic carbocycles. The van der Waals surface area contributed by atoms with Crippen molar-refractivity contribution in [3.8, 4) is 0 Å². The van der Waals surface area contributed by atoms with Gasteiger partial charge in [-0.1, -0.05) is 0 Å². The molecule has 0 aromatic rings. The van der Waals surface area contributed by atoms with Crippen LogP contribution in [0.1, 0.15) is 6.42 Å². The Bertz CT molecular complexity index is 130. The minimum atomic E-state index is 0.173. The number of hydrogen-bond acceptors (Lipinski definition) is 2. The number of rotatable bonds is 3. The Morgan fingerprint density at radius 3 is 2.75 bits per heavy atom. The molecule has 0 aromatic heterocycles. The van der Waals surface area contributed by atoms with Gasteiger partial charge in [-0.05, 0) is 13.5 Å². The zero-order chi connectivity index (χ0) is 8.97. The quantitative estimate of drug-likeness (QED) is 0.514. The molecule has 1 aliphatic heterocycles. The molecule has 1 unspecified atom stereocenters. The van der Waals surface area contributed by atoms with Gasteiger partial charge in [0.05, 0.1) is 5.50 Å². The van der Waals surface area contributed by atoms with Crippen LogP contribution in [-0.2, 0) is 0 Å². The maximum atomic E-state index is 6.15. The Kier molecular flexibility index (Phi) is 4.65. The maximum absolute atomic E-state index is 6.15. The summed E-state index contributed by atoms with van der Waals surface area (Å²) in [5, 5.41) is 0. The van der Waals surface area contributed by atoms with Crippen molar-refractivity contribution in [1.29, 1.82) is 0 Å². The SMILES string of the molecule is CN1CCN(CCCCl)C(Cl)C1. The highest BCUT2D eigenvalue weighted by Crippen LogP contribution is 2.12. The van der Waals surface area contributed by atoms with E-state index in [1.165, 1.54) is 0 Å².